The molecule has 1 heterocycles. The van der Waals surface area contributed by atoms with Crippen molar-refractivity contribution in [3.8, 4) is 0 Å². The number of nitrogens with one attached hydrogen (secondary N) is 1. The molecule has 1 saturated carbocycles. The minimum absolute atomic E-state index is 0.538. The third-order valence-electron chi connectivity index (χ3n) is 3.84. The summed E-state index contributed by atoms with van der Waals surface area (Å²) < 4.78 is 0. The molecule has 1 N–H and O–H groups in total. The molecule has 0 aromatic rings. The average Bonchev–Trinajstić information content (AvgIpc) is 3.01. The molecule has 1 aliphatic heterocycles. The van der Waals surface area contributed by atoms with Crippen LogP contribution < -0.4 is 5.32 Å². The highest BCUT2D eigenvalue weighted by atomic mass is 15.2. The van der Waals surface area contributed by atoms with Crippen LogP contribution in [0, 0.1) is 5.41 Å². The van der Waals surface area contributed by atoms with Crippen LogP contribution >= 0.6 is 0 Å². The van der Waals surface area contributed by atoms with Gasteiger partial charge in [-0.3, -0.25) is 4.90 Å². The molecule has 1 saturated heterocycles. The summed E-state index contributed by atoms with van der Waals surface area (Å²) in [5, 5.41) is 3.56. The van der Waals surface area contributed by atoms with Gasteiger partial charge in [0, 0.05) is 19.1 Å². The van der Waals surface area contributed by atoms with Crippen LogP contribution in [0.25, 0.3) is 0 Å². The lowest BCUT2D eigenvalue weighted by atomic mass is 9.82. The zero-order valence-electron chi connectivity index (χ0n) is 10.4. The second kappa shape index (κ2) is 4.84. The van der Waals surface area contributed by atoms with Crippen LogP contribution in [0.3, 0.4) is 0 Å². The van der Waals surface area contributed by atoms with E-state index in [0.29, 0.717) is 5.41 Å². The molecule has 88 valence electrons. The molecule has 0 radical (unpaired) electrons. The topological polar surface area (TPSA) is 15.3 Å². The Balaban J connectivity index is 1.85. The fourth-order valence-electron chi connectivity index (χ4n) is 2.86. The fourth-order valence-corrected chi connectivity index (χ4v) is 2.86. The first-order valence-corrected chi connectivity index (χ1v) is 6.68. The Morgan fingerprint density at radius 2 is 2.20 bits per heavy atom. The summed E-state index contributed by atoms with van der Waals surface area (Å²) >= 11 is 0. The maximum absolute atomic E-state index is 3.56. The molecule has 2 aliphatic rings. The highest BCUT2D eigenvalue weighted by molar-refractivity contribution is 4.90. The predicted octanol–water partition coefficient (Wildman–Crippen LogP) is 2.25. The van der Waals surface area contributed by atoms with E-state index in [4.69, 9.17) is 0 Å². The van der Waals surface area contributed by atoms with Crippen molar-refractivity contribution in [2.75, 3.05) is 26.2 Å². The molecule has 0 amide bonds. The lowest BCUT2D eigenvalue weighted by Crippen LogP contribution is -2.46. The summed E-state index contributed by atoms with van der Waals surface area (Å²) in [7, 11) is 0. The Labute approximate surface area is 94.4 Å². The zero-order chi connectivity index (χ0) is 10.7. The van der Waals surface area contributed by atoms with Crippen LogP contribution in [-0.2, 0) is 0 Å². The lowest BCUT2D eigenvalue weighted by Gasteiger charge is -2.38. The third kappa shape index (κ3) is 3.18. The minimum Gasteiger partial charge on any atom is -0.316 e. The van der Waals surface area contributed by atoms with Crippen molar-refractivity contribution in [3.05, 3.63) is 0 Å². The van der Waals surface area contributed by atoms with Crippen molar-refractivity contribution in [2.24, 2.45) is 5.41 Å². The predicted molar refractivity (Wildman–Crippen MR) is 65.1 cm³/mol. The number of piperidine rings is 1. The number of nitrogens with zero attached hydrogens (tertiary/aromatic N) is 1. The van der Waals surface area contributed by atoms with Crippen molar-refractivity contribution in [1.29, 1.82) is 0 Å². The molecule has 0 aromatic carbocycles. The first kappa shape index (κ1) is 11.4. The number of hydrogen-bond donors (Lipinski definition) is 1. The van der Waals surface area contributed by atoms with Crippen LogP contribution in [-0.4, -0.2) is 37.1 Å². The number of hydrogen-bond acceptors (Lipinski definition) is 2. The highest BCUT2D eigenvalue weighted by Gasteiger charge is 2.35. The Bertz CT molecular complexity index is 193. The molecule has 1 atom stereocenters. The first-order valence-electron chi connectivity index (χ1n) is 6.68. The molecule has 2 nitrogen and oxygen atoms in total. The van der Waals surface area contributed by atoms with Gasteiger partial charge in [0.05, 0.1) is 0 Å². The van der Waals surface area contributed by atoms with E-state index in [9.17, 15) is 0 Å². The van der Waals surface area contributed by atoms with Gasteiger partial charge in [-0.1, -0.05) is 13.8 Å². The number of rotatable bonds is 5. The van der Waals surface area contributed by atoms with E-state index < -0.39 is 0 Å². The monoisotopic (exact) mass is 210 g/mol. The normalized spacial score (nSPS) is 32.2. The third-order valence-corrected chi connectivity index (χ3v) is 3.84. The van der Waals surface area contributed by atoms with E-state index in [1.54, 1.807) is 0 Å². The molecule has 0 spiro atoms. The molecule has 2 heteroatoms. The van der Waals surface area contributed by atoms with Crippen molar-refractivity contribution < 1.29 is 0 Å². The zero-order valence-corrected chi connectivity index (χ0v) is 10.4. The van der Waals surface area contributed by atoms with E-state index in [1.165, 1.54) is 58.3 Å². The van der Waals surface area contributed by atoms with Gasteiger partial charge in [0.2, 0.25) is 0 Å². The van der Waals surface area contributed by atoms with Gasteiger partial charge in [0.25, 0.3) is 0 Å². The summed E-state index contributed by atoms with van der Waals surface area (Å²) in [6, 6.07) is 0.934. The van der Waals surface area contributed by atoms with Crippen molar-refractivity contribution in [2.45, 2.75) is 52.0 Å². The molecule has 2 rings (SSSR count). The fraction of sp³-hybridized carbons (Fsp3) is 1.00. The smallest absolute Gasteiger partial charge is 0.00966 e. The van der Waals surface area contributed by atoms with Gasteiger partial charge in [-0.2, -0.15) is 0 Å². The van der Waals surface area contributed by atoms with Crippen LogP contribution in [0.2, 0.25) is 0 Å². The van der Waals surface area contributed by atoms with Gasteiger partial charge in [0.15, 0.2) is 0 Å². The summed E-state index contributed by atoms with van der Waals surface area (Å²) in [5.74, 6) is 0. The minimum atomic E-state index is 0.538. The van der Waals surface area contributed by atoms with Crippen LogP contribution in [0.4, 0.5) is 0 Å². The van der Waals surface area contributed by atoms with Crippen molar-refractivity contribution >= 4 is 0 Å². The SMILES string of the molecule is CCCN(CC1(C)CCCNC1)C1CC1. The maximum Gasteiger partial charge on any atom is 0.00966 e. The molecule has 15 heavy (non-hydrogen) atoms. The van der Waals surface area contributed by atoms with Crippen molar-refractivity contribution in [1.82, 2.24) is 10.2 Å². The second-order valence-corrected chi connectivity index (χ2v) is 5.79. The molecule has 1 unspecified atom stereocenters. The van der Waals surface area contributed by atoms with Gasteiger partial charge in [-0.05, 0) is 50.6 Å². The Kier molecular flexibility index (Phi) is 3.68. The molecular weight excluding hydrogens is 184 g/mol. The molecule has 0 bridgehead atoms. The Morgan fingerprint density at radius 3 is 2.73 bits per heavy atom. The van der Waals surface area contributed by atoms with Gasteiger partial charge < -0.3 is 5.32 Å². The maximum atomic E-state index is 3.56. The second-order valence-electron chi connectivity index (χ2n) is 5.79. The van der Waals surface area contributed by atoms with Gasteiger partial charge in [0.1, 0.15) is 0 Å². The van der Waals surface area contributed by atoms with Crippen molar-refractivity contribution in [3.63, 3.8) is 0 Å². The molecule has 0 aromatic heterocycles. The van der Waals surface area contributed by atoms with Crippen LogP contribution in [0.5, 0.6) is 0 Å². The van der Waals surface area contributed by atoms with E-state index in [-0.39, 0.29) is 0 Å². The first-order chi connectivity index (χ1) is 7.23. The van der Waals surface area contributed by atoms with Crippen LogP contribution in [0.1, 0.15) is 46.0 Å². The van der Waals surface area contributed by atoms with Gasteiger partial charge in [-0.15, -0.1) is 0 Å². The summed E-state index contributed by atoms with van der Waals surface area (Å²) in [6.07, 6.45) is 6.97. The highest BCUT2D eigenvalue weighted by Crippen LogP contribution is 2.33. The van der Waals surface area contributed by atoms with Gasteiger partial charge in [-0.25, -0.2) is 0 Å². The Morgan fingerprint density at radius 1 is 1.40 bits per heavy atom. The van der Waals surface area contributed by atoms with E-state index in [1.807, 2.05) is 0 Å². The Hall–Kier alpha value is -0.0800. The summed E-state index contributed by atoms with van der Waals surface area (Å²) in [4.78, 5) is 2.74. The molecular formula is C13H26N2. The van der Waals surface area contributed by atoms with E-state index in [2.05, 4.69) is 24.1 Å². The molecule has 2 fully saturated rings. The largest absolute Gasteiger partial charge is 0.316 e. The standard InChI is InChI=1S/C13H26N2/c1-3-9-15(12-5-6-12)11-13(2)7-4-8-14-10-13/h12,14H,3-11H2,1-2H3. The van der Waals surface area contributed by atoms with Crippen LogP contribution in [0.15, 0.2) is 0 Å². The van der Waals surface area contributed by atoms with E-state index >= 15 is 0 Å². The van der Waals surface area contributed by atoms with Gasteiger partial charge >= 0.3 is 0 Å². The quantitative estimate of drug-likeness (QED) is 0.749. The summed E-state index contributed by atoms with van der Waals surface area (Å²) in [5.41, 5.74) is 0.538. The average molecular weight is 210 g/mol. The molecule has 1 aliphatic carbocycles. The summed E-state index contributed by atoms with van der Waals surface area (Å²) in [6.45, 7) is 9.84. The lowest BCUT2D eigenvalue weighted by molar-refractivity contribution is 0.127. The van der Waals surface area contributed by atoms with E-state index in [0.717, 1.165) is 6.04 Å².